The first kappa shape index (κ1) is 23.7. The number of hydrogen-bond donors (Lipinski definition) is 1. The molecule has 35 heavy (non-hydrogen) atoms. The second-order valence-electron chi connectivity index (χ2n) is 8.66. The van der Waals surface area contributed by atoms with Gasteiger partial charge >= 0.3 is 0 Å². The normalized spacial score (nSPS) is 16.1. The number of amides is 2. The lowest BCUT2D eigenvalue weighted by Gasteiger charge is -2.22. The number of para-hydroxylation sites is 1. The van der Waals surface area contributed by atoms with E-state index in [9.17, 15) is 9.59 Å². The number of anilines is 1. The molecule has 2 amide bonds. The van der Waals surface area contributed by atoms with Crippen LogP contribution in [0.1, 0.15) is 35.9 Å². The second kappa shape index (κ2) is 10.7. The van der Waals surface area contributed by atoms with E-state index in [1.807, 2.05) is 60.1 Å². The van der Waals surface area contributed by atoms with Crippen LogP contribution in [-0.4, -0.2) is 53.9 Å². The minimum Gasteiger partial charge on any atom is -0.454 e. The number of carbonyl (C=O) groups is 2. The van der Waals surface area contributed by atoms with Crippen molar-refractivity contribution in [2.24, 2.45) is 0 Å². The first-order valence-electron chi connectivity index (χ1n) is 11.9. The first-order valence-corrected chi connectivity index (χ1v) is 13.7. The predicted molar refractivity (Wildman–Crippen MR) is 141 cm³/mol. The summed E-state index contributed by atoms with van der Waals surface area (Å²) in [6.45, 7) is 5.14. The molecule has 9 heteroatoms. The van der Waals surface area contributed by atoms with Crippen LogP contribution in [0.5, 0.6) is 0 Å². The smallest absolute Gasteiger partial charge is 0.270 e. The quantitative estimate of drug-likeness (QED) is 0.334. The topological polar surface area (TPSA) is 78.7 Å². The fourth-order valence-corrected chi connectivity index (χ4v) is 5.87. The van der Waals surface area contributed by atoms with Crippen molar-refractivity contribution in [2.45, 2.75) is 32.2 Å². The molecule has 0 spiro atoms. The van der Waals surface area contributed by atoms with Crippen molar-refractivity contribution in [2.75, 3.05) is 31.1 Å². The Labute approximate surface area is 212 Å². The number of thiophene rings is 1. The Morgan fingerprint density at radius 2 is 2.11 bits per heavy atom. The SMILES string of the molecule is CCC(=O)NC1CCN(CCCN(C(=O)c2cccs2)c2nc(-c3cc4ccccc4o3)cs2)C1. The summed E-state index contributed by atoms with van der Waals surface area (Å²) in [5.74, 6) is 0.781. The highest BCUT2D eigenvalue weighted by molar-refractivity contribution is 7.14. The third-order valence-corrected chi connectivity index (χ3v) is 7.91. The summed E-state index contributed by atoms with van der Waals surface area (Å²) in [7, 11) is 0. The van der Waals surface area contributed by atoms with E-state index in [4.69, 9.17) is 9.40 Å². The van der Waals surface area contributed by atoms with Crippen molar-refractivity contribution in [1.82, 2.24) is 15.2 Å². The molecule has 0 bridgehead atoms. The first-order chi connectivity index (χ1) is 17.1. The van der Waals surface area contributed by atoms with E-state index in [0.717, 1.165) is 49.1 Å². The average Bonchev–Trinajstić information content (AvgIpc) is 3.67. The van der Waals surface area contributed by atoms with Crippen LogP contribution in [0, 0.1) is 0 Å². The molecule has 1 saturated heterocycles. The van der Waals surface area contributed by atoms with Crippen molar-refractivity contribution >= 4 is 50.6 Å². The highest BCUT2D eigenvalue weighted by atomic mass is 32.1. The molecular weight excluding hydrogens is 480 g/mol. The van der Waals surface area contributed by atoms with Gasteiger partial charge in [0.05, 0.1) is 4.88 Å². The minimum absolute atomic E-state index is 0.0278. The molecule has 0 aliphatic carbocycles. The number of aromatic nitrogens is 1. The molecule has 5 rings (SSSR count). The molecular formula is C26H28N4O3S2. The van der Waals surface area contributed by atoms with E-state index >= 15 is 0 Å². The van der Waals surface area contributed by atoms with Crippen molar-refractivity contribution in [1.29, 1.82) is 0 Å². The number of likely N-dealkylation sites (tertiary alicyclic amines) is 1. The molecule has 182 valence electrons. The Hall–Kier alpha value is -3.01. The van der Waals surface area contributed by atoms with E-state index in [0.29, 0.717) is 28.7 Å². The maximum absolute atomic E-state index is 13.3. The number of rotatable bonds is 9. The third kappa shape index (κ3) is 5.47. The molecule has 1 unspecified atom stereocenters. The van der Waals surface area contributed by atoms with Crippen molar-refractivity contribution < 1.29 is 14.0 Å². The van der Waals surface area contributed by atoms with E-state index < -0.39 is 0 Å². The molecule has 4 heterocycles. The van der Waals surface area contributed by atoms with Gasteiger partial charge in [0.25, 0.3) is 5.91 Å². The van der Waals surface area contributed by atoms with Crippen molar-refractivity contribution in [3.05, 3.63) is 58.1 Å². The molecule has 4 aromatic rings. The summed E-state index contributed by atoms with van der Waals surface area (Å²) in [6.07, 6.45) is 2.31. The van der Waals surface area contributed by atoms with Gasteiger partial charge in [0.2, 0.25) is 5.91 Å². The van der Waals surface area contributed by atoms with Crippen LogP contribution >= 0.6 is 22.7 Å². The molecule has 0 radical (unpaired) electrons. The Morgan fingerprint density at radius 3 is 2.91 bits per heavy atom. The van der Waals surface area contributed by atoms with Gasteiger partial charge in [-0.3, -0.25) is 14.5 Å². The number of nitrogens with zero attached hydrogens (tertiary/aromatic N) is 3. The molecule has 1 aliphatic rings. The largest absolute Gasteiger partial charge is 0.454 e. The Kier molecular flexibility index (Phi) is 7.26. The lowest BCUT2D eigenvalue weighted by atomic mass is 10.2. The van der Waals surface area contributed by atoms with Crippen LogP contribution in [-0.2, 0) is 4.79 Å². The van der Waals surface area contributed by atoms with Gasteiger partial charge < -0.3 is 14.6 Å². The van der Waals surface area contributed by atoms with Gasteiger partial charge in [-0.25, -0.2) is 4.98 Å². The number of furan rings is 1. The number of fused-ring (bicyclic) bond motifs is 1. The number of thiazole rings is 1. The van der Waals surface area contributed by atoms with Crippen LogP contribution < -0.4 is 10.2 Å². The summed E-state index contributed by atoms with van der Waals surface area (Å²) >= 11 is 2.90. The zero-order valence-corrected chi connectivity index (χ0v) is 21.2. The van der Waals surface area contributed by atoms with Crippen LogP contribution in [0.3, 0.4) is 0 Å². The summed E-state index contributed by atoms with van der Waals surface area (Å²) in [5, 5.41) is 8.66. The molecule has 0 saturated carbocycles. The molecule has 1 atom stereocenters. The zero-order chi connectivity index (χ0) is 24.2. The number of benzene rings is 1. The lowest BCUT2D eigenvalue weighted by molar-refractivity contribution is -0.121. The number of carbonyl (C=O) groups excluding carboxylic acids is 2. The zero-order valence-electron chi connectivity index (χ0n) is 19.6. The monoisotopic (exact) mass is 508 g/mol. The van der Waals surface area contributed by atoms with Crippen LogP contribution in [0.25, 0.3) is 22.4 Å². The second-order valence-corrected chi connectivity index (χ2v) is 10.4. The fourth-order valence-electron chi connectivity index (χ4n) is 4.36. The standard InChI is InChI=1S/C26H28N4O3S2/c1-2-24(31)27-19-10-13-29(16-19)11-6-12-30(25(32)23-9-5-14-34-23)26-28-20(17-35-26)22-15-18-7-3-4-8-21(18)33-22/h3-5,7-9,14-15,17,19H,2,6,10-13,16H2,1H3,(H,27,31). The molecule has 1 fully saturated rings. The molecule has 3 aromatic heterocycles. The number of hydrogen-bond acceptors (Lipinski definition) is 7. The van der Waals surface area contributed by atoms with E-state index in [1.54, 1.807) is 4.90 Å². The average molecular weight is 509 g/mol. The van der Waals surface area contributed by atoms with Gasteiger partial charge in [-0.1, -0.05) is 31.2 Å². The molecule has 1 aromatic carbocycles. The van der Waals surface area contributed by atoms with Crippen molar-refractivity contribution in [3.8, 4) is 11.5 Å². The van der Waals surface area contributed by atoms with Gasteiger partial charge in [-0.15, -0.1) is 22.7 Å². The van der Waals surface area contributed by atoms with Crippen LogP contribution in [0.2, 0.25) is 0 Å². The van der Waals surface area contributed by atoms with Gasteiger partial charge in [-0.2, -0.15) is 0 Å². The lowest BCUT2D eigenvalue weighted by Crippen LogP contribution is -2.37. The summed E-state index contributed by atoms with van der Waals surface area (Å²) < 4.78 is 5.98. The maximum atomic E-state index is 13.3. The van der Waals surface area contributed by atoms with Gasteiger partial charge in [0.15, 0.2) is 10.9 Å². The molecule has 1 aliphatic heterocycles. The number of nitrogens with one attached hydrogen (secondary N) is 1. The van der Waals surface area contributed by atoms with E-state index in [-0.39, 0.29) is 17.9 Å². The summed E-state index contributed by atoms with van der Waals surface area (Å²) in [4.78, 5) is 34.7. The summed E-state index contributed by atoms with van der Waals surface area (Å²) in [6, 6.07) is 13.8. The summed E-state index contributed by atoms with van der Waals surface area (Å²) in [5.41, 5.74) is 1.56. The van der Waals surface area contributed by atoms with Gasteiger partial charge in [-0.05, 0) is 43.0 Å². The van der Waals surface area contributed by atoms with Crippen LogP contribution in [0.15, 0.2) is 57.6 Å². The fraction of sp³-hybridized carbons (Fsp3) is 0.346. The molecule has 1 N–H and O–H groups in total. The van der Waals surface area contributed by atoms with Crippen LogP contribution in [0.4, 0.5) is 5.13 Å². The highest BCUT2D eigenvalue weighted by Crippen LogP contribution is 2.32. The Morgan fingerprint density at radius 1 is 1.23 bits per heavy atom. The van der Waals surface area contributed by atoms with E-state index in [1.165, 1.54) is 22.7 Å². The Balaban J connectivity index is 1.27. The predicted octanol–water partition coefficient (Wildman–Crippen LogP) is 5.26. The minimum atomic E-state index is -0.0278. The maximum Gasteiger partial charge on any atom is 0.270 e. The Bertz CT molecular complexity index is 1260. The molecule has 7 nitrogen and oxygen atoms in total. The van der Waals surface area contributed by atoms with Gasteiger partial charge in [0.1, 0.15) is 11.3 Å². The van der Waals surface area contributed by atoms with Crippen molar-refractivity contribution in [3.63, 3.8) is 0 Å². The van der Waals surface area contributed by atoms with E-state index in [2.05, 4.69) is 10.2 Å². The highest BCUT2D eigenvalue weighted by Gasteiger charge is 2.25. The third-order valence-electron chi connectivity index (χ3n) is 6.19. The van der Waals surface area contributed by atoms with Gasteiger partial charge in [0, 0.05) is 42.9 Å².